The highest BCUT2D eigenvalue weighted by molar-refractivity contribution is 7.84. The molecule has 1 heterocycles. The molecule has 0 fully saturated rings. The van der Waals surface area contributed by atoms with E-state index in [0.29, 0.717) is 22.6 Å². The van der Waals surface area contributed by atoms with Crippen LogP contribution in [0.5, 0.6) is 0 Å². The second kappa shape index (κ2) is 4.17. The van der Waals surface area contributed by atoms with Crippen molar-refractivity contribution in [3.05, 3.63) is 40.6 Å². The van der Waals surface area contributed by atoms with Gasteiger partial charge in [-0.05, 0) is 12.1 Å². The molecule has 0 spiro atoms. The Morgan fingerprint density at radius 2 is 2.05 bits per heavy atom. The molecular weight excluding hydrogens is 264 g/mol. The van der Waals surface area contributed by atoms with E-state index in [2.05, 4.69) is 4.98 Å². The average molecular weight is 274 g/mol. The summed E-state index contributed by atoms with van der Waals surface area (Å²) in [5, 5.41) is 0. The number of nitrogens with two attached hydrogens (primary N) is 1. The largest absolute Gasteiger partial charge is 0.453 e. The van der Waals surface area contributed by atoms with Crippen molar-refractivity contribution in [2.75, 3.05) is 12.0 Å². The molecule has 5 nitrogen and oxygen atoms in total. The summed E-state index contributed by atoms with van der Waals surface area (Å²) in [4.78, 5) is 16.4. The average Bonchev–Trinajstić information content (AvgIpc) is 2.37. The third-order valence-electron chi connectivity index (χ3n) is 2.83. The number of nitrogen functional groups attached to an aromatic ring is 1. The van der Waals surface area contributed by atoms with Crippen LogP contribution in [0.1, 0.15) is 0 Å². The van der Waals surface area contributed by atoms with Crippen LogP contribution >= 0.6 is 0 Å². The first kappa shape index (κ1) is 11.9. The minimum absolute atomic E-state index is 0.0358. The Balaban J connectivity index is 2.54. The first-order valence-corrected chi connectivity index (χ1v) is 7.09. The number of nitrogens with zero attached hydrogens (tertiary/aromatic N) is 1. The van der Waals surface area contributed by atoms with Crippen molar-refractivity contribution in [2.45, 2.75) is 4.90 Å². The van der Waals surface area contributed by atoms with E-state index < -0.39 is 16.2 Å². The zero-order chi connectivity index (χ0) is 13.6. The Kier molecular flexibility index (Phi) is 2.60. The Morgan fingerprint density at radius 1 is 1.32 bits per heavy atom. The summed E-state index contributed by atoms with van der Waals surface area (Å²) in [7, 11) is -1.42. The third kappa shape index (κ3) is 1.80. The van der Waals surface area contributed by atoms with E-state index in [1.807, 2.05) is 12.1 Å². The first-order valence-electron chi connectivity index (χ1n) is 5.53. The number of benzene rings is 2. The number of rotatable bonds is 1. The predicted molar refractivity (Wildman–Crippen MR) is 73.6 cm³/mol. The van der Waals surface area contributed by atoms with Crippen LogP contribution in [0.2, 0.25) is 0 Å². The van der Waals surface area contributed by atoms with E-state index >= 15 is 0 Å². The Labute approximate surface area is 110 Å². The van der Waals surface area contributed by atoms with Gasteiger partial charge in [-0.15, -0.1) is 0 Å². The molecule has 0 saturated carbocycles. The quantitative estimate of drug-likeness (QED) is 0.538. The molecule has 1 aliphatic carbocycles. The fourth-order valence-electron chi connectivity index (χ4n) is 1.97. The van der Waals surface area contributed by atoms with Gasteiger partial charge in [-0.3, -0.25) is 9.00 Å². The normalized spacial score (nSPS) is 12.9. The lowest BCUT2D eigenvalue weighted by Gasteiger charge is -2.11. The van der Waals surface area contributed by atoms with Gasteiger partial charge in [0.2, 0.25) is 5.43 Å². The molecule has 96 valence electrons. The van der Waals surface area contributed by atoms with Crippen LogP contribution in [0.4, 0.5) is 5.69 Å². The fraction of sp³-hybridized carbons (Fsp3) is 0.0769. The van der Waals surface area contributed by atoms with Gasteiger partial charge in [0.1, 0.15) is 11.2 Å². The molecule has 1 unspecified atom stereocenters. The van der Waals surface area contributed by atoms with E-state index in [-0.39, 0.29) is 10.6 Å². The summed E-state index contributed by atoms with van der Waals surface area (Å²) in [6, 6.07) is 8.45. The van der Waals surface area contributed by atoms with Crippen LogP contribution in [0.25, 0.3) is 22.6 Å². The molecule has 3 rings (SSSR count). The summed E-state index contributed by atoms with van der Waals surface area (Å²) in [6.07, 6.45) is 1.46. The number of hydrogen-bond donors (Lipinski definition) is 1. The molecule has 1 aromatic carbocycles. The summed E-state index contributed by atoms with van der Waals surface area (Å²) < 4.78 is 17.4. The Morgan fingerprint density at radius 3 is 2.79 bits per heavy atom. The van der Waals surface area contributed by atoms with E-state index in [1.165, 1.54) is 12.3 Å². The zero-order valence-electron chi connectivity index (χ0n) is 10.0. The van der Waals surface area contributed by atoms with E-state index in [0.717, 1.165) is 0 Å². The van der Waals surface area contributed by atoms with E-state index in [4.69, 9.17) is 10.2 Å². The number of para-hydroxylation sites is 2. The van der Waals surface area contributed by atoms with Crippen molar-refractivity contribution in [1.29, 1.82) is 0 Å². The number of hydrogen-bond acceptors (Lipinski definition) is 5. The lowest BCUT2D eigenvalue weighted by molar-refractivity contribution is 0.609. The number of anilines is 1. The smallest absolute Gasteiger partial charge is 0.206 e. The van der Waals surface area contributed by atoms with Crippen LogP contribution in [0.3, 0.4) is 0 Å². The summed E-state index contributed by atoms with van der Waals surface area (Å²) >= 11 is 0. The molecule has 2 N–H and O–H groups in total. The highest BCUT2D eigenvalue weighted by atomic mass is 32.2. The second-order valence-electron chi connectivity index (χ2n) is 4.10. The van der Waals surface area contributed by atoms with Crippen LogP contribution in [-0.2, 0) is 10.8 Å². The lowest BCUT2D eigenvalue weighted by atomic mass is 10.2. The molecule has 1 aromatic rings. The number of fused-ring (bicyclic) bond motifs is 2. The minimum atomic E-state index is -1.42. The SMILES string of the molecule is CS(=O)c1c2nc3ccccc3oc-2cc(=O)c1N. The molecule has 0 bridgehead atoms. The van der Waals surface area contributed by atoms with Crippen molar-refractivity contribution in [3.8, 4) is 11.5 Å². The maximum absolute atomic E-state index is 11.8. The lowest BCUT2D eigenvalue weighted by Crippen LogP contribution is -2.14. The molecule has 0 radical (unpaired) electrons. The minimum Gasteiger partial charge on any atom is -0.453 e. The zero-order valence-corrected chi connectivity index (χ0v) is 10.9. The van der Waals surface area contributed by atoms with Gasteiger partial charge in [0.15, 0.2) is 11.3 Å². The standard InChI is InChI=1S/C13H10N2O3S/c1-19(17)13-11(14)8(16)6-10-12(13)15-7-4-2-3-5-9(7)18-10/h2-6H,14H2,1H3. The van der Waals surface area contributed by atoms with Crippen LogP contribution in [0.15, 0.2) is 44.4 Å². The van der Waals surface area contributed by atoms with Gasteiger partial charge >= 0.3 is 0 Å². The topological polar surface area (TPSA) is 86.2 Å². The van der Waals surface area contributed by atoms with Crippen molar-refractivity contribution < 1.29 is 8.63 Å². The fourth-order valence-corrected chi connectivity index (χ4v) is 2.79. The van der Waals surface area contributed by atoms with Gasteiger partial charge in [-0.25, -0.2) is 4.98 Å². The first-order chi connectivity index (χ1) is 9.08. The molecule has 1 aliphatic heterocycles. The third-order valence-corrected chi connectivity index (χ3v) is 3.81. The molecular formula is C13H10N2O3S. The molecule has 0 aromatic heterocycles. The molecule has 2 aliphatic rings. The maximum Gasteiger partial charge on any atom is 0.206 e. The van der Waals surface area contributed by atoms with Gasteiger partial charge in [0.05, 0.1) is 21.4 Å². The molecule has 0 amide bonds. The molecule has 0 saturated heterocycles. The highest BCUT2D eigenvalue weighted by Crippen LogP contribution is 2.30. The Hall–Kier alpha value is -2.21. The van der Waals surface area contributed by atoms with Crippen molar-refractivity contribution >= 4 is 27.6 Å². The summed E-state index contributed by atoms with van der Waals surface area (Å²) in [6.45, 7) is 0. The van der Waals surface area contributed by atoms with Crippen molar-refractivity contribution in [3.63, 3.8) is 0 Å². The summed E-state index contributed by atoms with van der Waals surface area (Å²) in [5.41, 5.74) is 6.83. The maximum atomic E-state index is 11.8. The van der Waals surface area contributed by atoms with Crippen LogP contribution in [0, 0.1) is 0 Å². The van der Waals surface area contributed by atoms with Crippen LogP contribution < -0.4 is 11.2 Å². The van der Waals surface area contributed by atoms with Gasteiger partial charge in [-0.1, -0.05) is 12.1 Å². The Bertz CT molecular complexity index is 841. The molecule has 19 heavy (non-hydrogen) atoms. The van der Waals surface area contributed by atoms with Crippen molar-refractivity contribution in [2.24, 2.45) is 0 Å². The monoisotopic (exact) mass is 274 g/mol. The van der Waals surface area contributed by atoms with Gasteiger partial charge < -0.3 is 10.2 Å². The number of aromatic nitrogens is 1. The van der Waals surface area contributed by atoms with E-state index in [1.54, 1.807) is 12.1 Å². The van der Waals surface area contributed by atoms with Gasteiger partial charge in [-0.2, -0.15) is 0 Å². The van der Waals surface area contributed by atoms with Crippen LogP contribution in [-0.4, -0.2) is 15.4 Å². The highest BCUT2D eigenvalue weighted by Gasteiger charge is 2.21. The van der Waals surface area contributed by atoms with Gasteiger partial charge in [0.25, 0.3) is 0 Å². The van der Waals surface area contributed by atoms with E-state index in [9.17, 15) is 9.00 Å². The van der Waals surface area contributed by atoms with Crippen molar-refractivity contribution in [1.82, 2.24) is 4.98 Å². The second-order valence-corrected chi connectivity index (χ2v) is 5.42. The molecule has 1 atom stereocenters. The predicted octanol–water partition coefficient (Wildman–Crippen LogP) is 1.61. The van der Waals surface area contributed by atoms with Gasteiger partial charge in [0, 0.05) is 12.3 Å². The molecule has 6 heteroatoms. The summed E-state index contributed by atoms with van der Waals surface area (Å²) in [5.74, 6) is 0.295.